The normalized spacial score (nSPS) is 9.72. The molecule has 8 heteroatoms. The smallest absolute Gasteiger partial charge is 0.344 e. The van der Waals surface area contributed by atoms with Crippen LogP contribution in [0, 0.1) is 21.4 Å². The van der Waals surface area contributed by atoms with Crippen LogP contribution in [0.5, 0.6) is 11.5 Å². The van der Waals surface area contributed by atoms with Gasteiger partial charge in [-0.1, -0.05) is 12.1 Å². The lowest BCUT2D eigenvalue weighted by Gasteiger charge is -2.08. The van der Waals surface area contributed by atoms with E-state index >= 15 is 0 Å². The number of esters is 1. The zero-order chi connectivity index (χ0) is 18.1. The number of carbonyl (C=O) groups is 1. The number of hydrogen-bond donors (Lipinski definition) is 0. The van der Waals surface area contributed by atoms with E-state index in [1.165, 1.54) is 18.2 Å². The molecule has 0 aliphatic rings. The van der Waals surface area contributed by atoms with Crippen molar-refractivity contribution in [1.82, 2.24) is 0 Å². The molecular formula is C17H14N2O6. The molecule has 0 radical (unpaired) electrons. The topological polar surface area (TPSA) is 112 Å². The van der Waals surface area contributed by atoms with Gasteiger partial charge in [-0.3, -0.25) is 10.1 Å². The predicted octanol–water partition coefficient (Wildman–Crippen LogP) is 2.47. The number of nitrogens with zero attached hydrogens (tertiary/aromatic N) is 2. The Morgan fingerprint density at radius 1 is 1.08 bits per heavy atom. The molecule has 0 bridgehead atoms. The molecule has 0 unspecified atom stereocenters. The second-order valence-electron chi connectivity index (χ2n) is 4.72. The first-order chi connectivity index (χ1) is 12.1. The number of nitriles is 1. The van der Waals surface area contributed by atoms with E-state index in [0.717, 1.165) is 0 Å². The average molecular weight is 342 g/mol. The zero-order valence-electron chi connectivity index (χ0n) is 13.1. The van der Waals surface area contributed by atoms with Crippen molar-refractivity contribution in [3.05, 3.63) is 64.2 Å². The lowest BCUT2D eigenvalue weighted by Crippen LogP contribution is -2.18. The molecule has 0 amide bonds. The lowest BCUT2D eigenvalue weighted by atomic mass is 10.2. The highest BCUT2D eigenvalue weighted by Gasteiger charge is 2.15. The van der Waals surface area contributed by atoms with E-state index in [1.807, 2.05) is 6.07 Å². The van der Waals surface area contributed by atoms with E-state index in [1.54, 1.807) is 30.3 Å². The Hall–Kier alpha value is -3.60. The summed E-state index contributed by atoms with van der Waals surface area (Å²) in [5.74, 6) is -0.119. The summed E-state index contributed by atoms with van der Waals surface area (Å²) in [5.41, 5.74) is 0.297. The molecule has 0 saturated carbocycles. The van der Waals surface area contributed by atoms with Crippen molar-refractivity contribution in [1.29, 1.82) is 5.26 Å². The lowest BCUT2D eigenvalue weighted by molar-refractivity contribution is -0.385. The summed E-state index contributed by atoms with van der Waals surface area (Å²) in [6.07, 6.45) is 0. The number of benzene rings is 2. The SMILES string of the molecule is N#Cc1ccc(OCCOC(=O)COc2ccccc2[N+](=O)[O-])cc1. The van der Waals surface area contributed by atoms with E-state index in [2.05, 4.69) is 0 Å². The van der Waals surface area contributed by atoms with Crippen molar-refractivity contribution >= 4 is 11.7 Å². The maximum absolute atomic E-state index is 11.6. The molecule has 0 aliphatic carbocycles. The minimum absolute atomic E-state index is 0.000915. The van der Waals surface area contributed by atoms with Crippen LogP contribution in [0.15, 0.2) is 48.5 Å². The van der Waals surface area contributed by atoms with Gasteiger partial charge in [0.2, 0.25) is 0 Å². The summed E-state index contributed by atoms with van der Waals surface area (Å²) in [6, 6.07) is 14.3. The van der Waals surface area contributed by atoms with Crippen LogP contribution in [-0.2, 0) is 9.53 Å². The molecule has 0 aromatic heterocycles. The van der Waals surface area contributed by atoms with E-state index in [9.17, 15) is 14.9 Å². The summed E-state index contributed by atoms with van der Waals surface area (Å²) in [6.45, 7) is -0.316. The largest absolute Gasteiger partial charge is 0.490 e. The third-order valence-electron chi connectivity index (χ3n) is 3.01. The molecule has 0 spiro atoms. The molecule has 2 rings (SSSR count). The van der Waals surface area contributed by atoms with E-state index in [4.69, 9.17) is 19.5 Å². The van der Waals surface area contributed by atoms with Crippen molar-refractivity contribution in [2.24, 2.45) is 0 Å². The highest BCUT2D eigenvalue weighted by Crippen LogP contribution is 2.25. The van der Waals surface area contributed by atoms with E-state index in [0.29, 0.717) is 11.3 Å². The van der Waals surface area contributed by atoms with Gasteiger partial charge in [-0.25, -0.2) is 4.79 Å². The maximum Gasteiger partial charge on any atom is 0.344 e. The Kier molecular flexibility index (Phi) is 6.31. The van der Waals surface area contributed by atoms with Crippen LogP contribution < -0.4 is 9.47 Å². The summed E-state index contributed by atoms with van der Waals surface area (Å²) >= 11 is 0. The fourth-order valence-electron chi connectivity index (χ4n) is 1.85. The first-order valence-electron chi connectivity index (χ1n) is 7.25. The van der Waals surface area contributed by atoms with Gasteiger partial charge < -0.3 is 14.2 Å². The van der Waals surface area contributed by atoms with E-state index < -0.39 is 17.5 Å². The van der Waals surface area contributed by atoms with Gasteiger partial charge in [0.1, 0.15) is 19.0 Å². The van der Waals surface area contributed by atoms with Crippen LogP contribution in [0.4, 0.5) is 5.69 Å². The Labute approximate surface area is 143 Å². The highest BCUT2D eigenvalue weighted by molar-refractivity contribution is 5.71. The Balaban J connectivity index is 1.71. The molecule has 0 saturated heterocycles. The molecule has 0 N–H and O–H groups in total. The van der Waals surface area contributed by atoms with Crippen molar-refractivity contribution < 1.29 is 23.9 Å². The number of carbonyl (C=O) groups excluding carboxylic acids is 1. The number of rotatable bonds is 8. The third kappa shape index (κ3) is 5.51. The molecule has 0 aliphatic heterocycles. The van der Waals surface area contributed by atoms with Gasteiger partial charge in [-0.05, 0) is 30.3 Å². The minimum Gasteiger partial charge on any atom is -0.490 e. The van der Waals surface area contributed by atoms with Crippen LogP contribution in [0.1, 0.15) is 5.56 Å². The van der Waals surface area contributed by atoms with Crippen molar-refractivity contribution in [2.45, 2.75) is 0 Å². The fraction of sp³-hybridized carbons (Fsp3) is 0.176. The van der Waals surface area contributed by atoms with Crippen LogP contribution >= 0.6 is 0 Å². The number of ether oxygens (including phenoxy) is 3. The van der Waals surface area contributed by atoms with Crippen LogP contribution in [0.2, 0.25) is 0 Å². The second-order valence-corrected chi connectivity index (χ2v) is 4.72. The monoisotopic (exact) mass is 342 g/mol. The first kappa shape index (κ1) is 17.7. The number of para-hydroxylation sites is 2. The van der Waals surface area contributed by atoms with E-state index in [-0.39, 0.29) is 24.7 Å². The highest BCUT2D eigenvalue weighted by atomic mass is 16.6. The molecule has 0 atom stereocenters. The maximum atomic E-state index is 11.6. The Morgan fingerprint density at radius 2 is 1.80 bits per heavy atom. The summed E-state index contributed by atoms with van der Waals surface area (Å²) in [4.78, 5) is 21.8. The minimum atomic E-state index is -0.665. The summed E-state index contributed by atoms with van der Waals surface area (Å²) < 4.78 is 15.4. The number of nitro groups is 1. The number of hydrogen-bond acceptors (Lipinski definition) is 7. The number of nitro benzene ring substituents is 1. The third-order valence-corrected chi connectivity index (χ3v) is 3.01. The standard InChI is InChI=1S/C17H14N2O6/c18-11-13-5-7-14(8-6-13)23-9-10-24-17(20)12-25-16-4-2-1-3-15(16)19(21)22/h1-8H,9-10,12H2. The molecule has 128 valence electrons. The van der Waals surface area contributed by atoms with Crippen molar-refractivity contribution in [3.8, 4) is 17.6 Å². The zero-order valence-corrected chi connectivity index (χ0v) is 13.1. The molecule has 2 aromatic carbocycles. The van der Waals surface area contributed by atoms with Crippen LogP contribution in [-0.4, -0.2) is 30.7 Å². The van der Waals surface area contributed by atoms with Gasteiger partial charge in [0.25, 0.3) is 0 Å². The second kappa shape index (κ2) is 8.88. The quantitative estimate of drug-likeness (QED) is 0.313. The Bertz CT molecular complexity index is 782. The summed E-state index contributed by atoms with van der Waals surface area (Å²) in [5, 5.41) is 19.5. The molecule has 0 heterocycles. The van der Waals surface area contributed by atoms with Gasteiger partial charge >= 0.3 is 11.7 Å². The van der Waals surface area contributed by atoms with Gasteiger partial charge in [0.15, 0.2) is 12.4 Å². The molecule has 0 fully saturated rings. The molecule has 2 aromatic rings. The van der Waals surface area contributed by atoms with Crippen molar-refractivity contribution in [2.75, 3.05) is 19.8 Å². The van der Waals surface area contributed by atoms with Gasteiger partial charge in [-0.15, -0.1) is 0 Å². The molecular weight excluding hydrogens is 328 g/mol. The molecule has 8 nitrogen and oxygen atoms in total. The van der Waals surface area contributed by atoms with Crippen LogP contribution in [0.25, 0.3) is 0 Å². The summed E-state index contributed by atoms with van der Waals surface area (Å²) in [7, 11) is 0. The Morgan fingerprint density at radius 3 is 2.48 bits per heavy atom. The fourth-order valence-corrected chi connectivity index (χ4v) is 1.85. The van der Waals surface area contributed by atoms with Crippen LogP contribution in [0.3, 0.4) is 0 Å². The predicted molar refractivity (Wildman–Crippen MR) is 86.2 cm³/mol. The molecule has 25 heavy (non-hydrogen) atoms. The van der Waals surface area contributed by atoms with Gasteiger partial charge in [0, 0.05) is 6.07 Å². The first-order valence-corrected chi connectivity index (χ1v) is 7.25. The van der Waals surface area contributed by atoms with Gasteiger partial charge in [-0.2, -0.15) is 5.26 Å². The van der Waals surface area contributed by atoms with Crippen molar-refractivity contribution in [3.63, 3.8) is 0 Å². The average Bonchev–Trinajstić information content (AvgIpc) is 2.64. The van der Waals surface area contributed by atoms with Gasteiger partial charge in [0.05, 0.1) is 16.6 Å².